The van der Waals surface area contributed by atoms with Crippen LogP contribution in [0.1, 0.15) is 105 Å². The molecule has 5 aromatic rings. The van der Waals surface area contributed by atoms with Crippen molar-refractivity contribution in [1.82, 2.24) is 0 Å². The molecule has 0 radical (unpaired) electrons. The van der Waals surface area contributed by atoms with E-state index < -0.39 is 44.6 Å². The van der Waals surface area contributed by atoms with Gasteiger partial charge in [-0.25, -0.2) is 9.59 Å². The molecule has 1 aliphatic heterocycles. The molecule has 358 valence electrons. The van der Waals surface area contributed by atoms with Crippen LogP contribution in [0.25, 0.3) is 16.8 Å². The first-order valence-electron chi connectivity index (χ1n) is 22.1. The second kappa shape index (κ2) is 20.7. The predicted octanol–water partition coefficient (Wildman–Crippen LogP) is 11.2. The predicted molar refractivity (Wildman–Crippen MR) is 260 cm³/mol. The number of unbranched alkanes of at least 4 members (excludes halogenated alkanes) is 1. The average Bonchev–Trinajstić information content (AvgIpc) is 3.32. The van der Waals surface area contributed by atoms with Gasteiger partial charge in [-0.05, 0) is 94.5 Å². The first-order chi connectivity index (χ1) is 32.2. The zero-order valence-corrected chi connectivity index (χ0v) is 41.6. The van der Waals surface area contributed by atoms with Crippen LogP contribution < -0.4 is 28.4 Å². The molecule has 0 amide bonds. The van der Waals surface area contributed by atoms with Crippen molar-refractivity contribution >= 4 is 63.1 Å². The van der Waals surface area contributed by atoms with Gasteiger partial charge in [-0.15, -0.1) is 0 Å². The van der Waals surface area contributed by atoms with E-state index >= 15 is 0 Å². The van der Waals surface area contributed by atoms with Gasteiger partial charge in [-0.3, -0.25) is 14.4 Å². The minimum absolute atomic E-state index is 0.0982. The van der Waals surface area contributed by atoms with Crippen LogP contribution in [-0.2, 0) is 29.5 Å². The summed E-state index contributed by atoms with van der Waals surface area (Å²) in [5.74, 6) is -2.26. The second-order valence-corrected chi connectivity index (χ2v) is 20.2. The Kier molecular flexibility index (Phi) is 15.4. The summed E-state index contributed by atoms with van der Waals surface area (Å²) in [6.45, 7) is 13.4. The molecule has 14 heteroatoms. The van der Waals surface area contributed by atoms with E-state index in [0.717, 1.165) is 24.0 Å². The molecule has 0 spiro atoms. The van der Waals surface area contributed by atoms with Crippen molar-refractivity contribution in [3.05, 3.63) is 125 Å². The molecule has 0 bridgehead atoms. The summed E-state index contributed by atoms with van der Waals surface area (Å²) in [4.78, 5) is 67.5. The number of alkyl halides is 1. The van der Waals surface area contributed by atoms with Crippen molar-refractivity contribution in [2.75, 3.05) is 27.9 Å². The van der Waals surface area contributed by atoms with Crippen LogP contribution in [0, 0.1) is 16.7 Å². The Morgan fingerprint density at radius 3 is 1.88 bits per heavy atom. The first-order valence-corrected chi connectivity index (χ1v) is 22.9. The molecule has 6 rings (SSSR count). The Morgan fingerprint density at radius 2 is 1.34 bits per heavy atom. The molecule has 1 heterocycles. The summed E-state index contributed by atoms with van der Waals surface area (Å²) in [5, 5.41) is 0.842. The van der Waals surface area contributed by atoms with Crippen LogP contribution >= 0.6 is 15.9 Å². The summed E-state index contributed by atoms with van der Waals surface area (Å²) in [6, 6.07) is 25.7. The highest BCUT2D eigenvalue weighted by Gasteiger charge is 2.49. The van der Waals surface area contributed by atoms with Gasteiger partial charge in [0.1, 0.15) is 34.3 Å². The van der Waals surface area contributed by atoms with Crippen molar-refractivity contribution in [3.63, 3.8) is 0 Å². The Balaban J connectivity index is 1.39. The minimum atomic E-state index is -1.22. The number of carbonyl (C=O) groups is 5. The number of methoxy groups -OCH3 is 3. The van der Waals surface area contributed by atoms with Gasteiger partial charge in [-0.2, -0.15) is 0 Å². The quantitative estimate of drug-likeness (QED) is 0.0253. The molecule has 1 aliphatic rings. The fraction of sp³-hybridized carbons (Fsp3) is 0.352. The third-order valence-corrected chi connectivity index (χ3v) is 13.4. The van der Waals surface area contributed by atoms with Crippen LogP contribution in [-0.4, -0.2) is 62.6 Å². The second-order valence-electron chi connectivity index (χ2n) is 18.1. The van der Waals surface area contributed by atoms with Gasteiger partial charge in [-0.1, -0.05) is 91.7 Å². The largest absolute Gasteiger partial charge is 0.497 e. The lowest BCUT2D eigenvalue weighted by Gasteiger charge is -2.43. The molecule has 68 heavy (non-hydrogen) atoms. The number of carbonyl (C=O) groups excluding carboxylic acids is 5. The number of hydrogen-bond acceptors (Lipinski definition) is 13. The van der Waals surface area contributed by atoms with E-state index in [9.17, 15) is 24.0 Å². The normalized spacial score (nSPS) is 13.6. The van der Waals surface area contributed by atoms with E-state index in [1.54, 1.807) is 58.4 Å². The summed E-state index contributed by atoms with van der Waals surface area (Å²) in [7, 11) is 4.38. The Morgan fingerprint density at radius 1 is 0.750 bits per heavy atom. The summed E-state index contributed by atoms with van der Waals surface area (Å²) >= 11 is 3.66. The number of esters is 4. The fourth-order valence-corrected chi connectivity index (χ4v) is 8.30. The summed E-state index contributed by atoms with van der Waals surface area (Å²) < 4.78 is 45.6. The molecule has 5 aromatic carbocycles. The zero-order chi connectivity index (χ0) is 49.6. The molecule has 0 N–H and O–H groups in total. The number of fused-ring (bicyclic) bond motifs is 3. The van der Waals surface area contributed by atoms with Gasteiger partial charge in [0.2, 0.25) is 0 Å². The highest BCUT2D eigenvalue weighted by molar-refractivity contribution is 9.10. The van der Waals surface area contributed by atoms with E-state index in [1.165, 1.54) is 25.3 Å². The molecule has 0 saturated heterocycles. The van der Waals surface area contributed by atoms with Gasteiger partial charge >= 0.3 is 23.9 Å². The van der Waals surface area contributed by atoms with E-state index in [1.807, 2.05) is 89.2 Å². The van der Waals surface area contributed by atoms with Crippen molar-refractivity contribution in [3.8, 4) is 34.5 Å². The lowest BCUT2D eigenvalue weighted by molar-refractivity contribution is -0.157. The molecule has 0 aliphatic carbocycles. The maximum atomic E-state index is 14.4. The number of rotatable bonds is 19. The highest BCUT2D eigenvalue weighted by Crippen LogP contribution is 2.51. The van der Waals surface area contributed by atoms with E-state index in [0.29, 0.717) is 34.6 Å². The van der Waals surface area contributed by atoms with E-state index in [-0.39, 0.29) is 52.8 Å². The van der Waals surface area contributed by atoms with Gasteiger partial charge in [0, 0.05) is 37.9 Å². The molecule has 1 unspecified atom stereocenters. The highest BCUT2D eigenvalue weighted by atomic mass is 79.9. The lowest BCUT2D eigenvalue weighted by atomic mass is 9.62. The topological polar surface area (TPSA) is 159 Å². The van der Waals surface area contributed by atoms with Crippen molar-refractivity contribution < 1.29 is 61.9 Å². The van der Waals surface area contributed by atoms with Crippen molar-refractivity contribution in [2.24, 2.45) is 16.7 Å². The Bertz CT molecular complexity index is 2660. The van der Waals surface area contributed by atoms with Crippen LogP contribution in [0.2, 0.25) is 0 Å². The third-order valence-electron chi connectivity index (χ3n) is 12.8. The smallest absolute Gasteiger partial charge is 0.343 e. The molecule has 0 saturated carbocycles. The van der Waals surface area contributed by atoms with Crippen molar-refractivity contribution in [1.29, 1.82) is 0 Å². The first kappa shape index (κ1) is 50.7. The number of benzene rings is 5. The molecule has 1 atom stereocenters. The van der Waals surface area contributed by atoms with Crippen LogP contribution in [0.5, 0.6) is 34.5 Å². The average molecular weight is 994 g/mol. The summed E-state index contributed by atoms with van der Waals surface area (Å²) in [6.07, 6.45) is 5.40. The molecule has 13 nitrogen and oxygen atoms in total. The lowest BCUT2D eigenvalue weighted by Crippen LogP contribution is -2.46. The summed E-state index contributed by atoms with van der Waals surface area (Å²) in [5.41, 5.74) is -1.78. The minimum Gasteiger partial charge on any atom is -0.497 e. The van der Waals surface area contributed by atoms with E-state index in [2.05, 4.69) is 15.9 Å². The maximum absolute atomic E-state index is 14.4. The molecule has 0 aromatic heterocycles. The number of hydrogen-bond donors (Lipinski definition) is 0. The SMILES string of the molecule is CCCCOC(=O)C(CC(C)(C)C(C)(C)C(=O)Oc1cc(OC=O)cc(C(=O)Oc2c(C(=O)OC)c3c(c4ccccc24)OC(c2ccc(OC)cc2)(c2ccc(OC)cc2)C=C3)c1)C(C)(C)Br. The van der Waals surface area contributed by atoms with E-state index in [4.69, 9.17) is 37.9 Å². The Labute approximate surface area is 405 Å². The molecule has 0 fully saturated rings. The number of halogens is 1. The zero-order valence-electron chi connectivity index (χ0n) is 40.0. The van der Waals surface area contributed by atoms with Gasteiger partial charge in [0.05, 0.1) is 44.8 Å². The Hall–Kier alpha value is -6.67. The standard InChI is InChI=1S/C54H57BrO13/c1-11-12-27-64-48(58)43(53(6,7)55)31-51(2,3)52(4,5)50(60)66-39-29-33(28-38(30-39)65-32-56)47(57)67-46-41-16-14-13-15-40(41)45-42(44(46)49(59)63-10)25-26-54(68-45,34-17-21-36(61-8)22-18-34)35-19-23-37(62-9)24-20-35/h13-26,28-30,32,43H,11-12,27,31H2,1-10H3. The van der Waals surface area contributed by atoms with Gasteiger partial charge < -0.3 is 37.9 Å². The van der Waals surface area contributed by atoms with Crippen LogP contribution in [0.3, 0.4) is 0 Å². The monoisotopic (exact) mass is 992 g/mol. The number of ether oxygens (including phenoxy) is 8. The van der Waals surface area contributed by atoms with Gasteiger partial charge in [0.15, 0.2) is 11.4 Å². The molecular weight excluding hydrogens is 936 g/mol. The van der Waals surface area contributed by atoms with Crippen LogP contribution in [0.15, 0.2) is 97.1 Å². The third kappa shape index (κ3) is 10.4. The maximum Gasteiger partial charge on any atom is 0.343 e. The van der Waals surface area contributed by atoms with Crippen LogP contribution in [0.4, 0.5) is 0 Å². The van der Waals surface area contributed by atoms with Gasteiger partial charge in [0.25, 0.3) is 6.47 Å². The fourth-order valence-electron chi connectivity index (χ4n) is 7.95. The molecular formula is C54H57BrO13. The van der Waals surface area contributed by atoms with Crippen molar-refractivity contribution in [2.45, 2.75) is 77.7 Å².